The molecular weight excluding hydrogens is 291 g/mol. The van der Waals surface area contributed by atoms with E-state index in [1.165, 1.54) is 17.0 Å². The monoisotopic (exact) mass is 306 g/mol. The van der Waals surface area contributed by atoms with Gasteiger partial charge in [0.2, 0.25) is 0 Å². The molecule has 1 amide bonds. The smallest absolute Gasteiger partial charge is 0.261 e. The van der Waals surface area contributed by atoms with Crippen LogP contribution in [-0.2, 0) is 0 Å². The highest BCUT2D eigenvalue weighted by atomic mass is 35.5. The van der Waals surface area contributed by atoms with Crippen molar-refractivity contribution in [1.29, 1.82) is 0 Å². The van der Waals surface area contributed by atoms with Crippen molar-refractivity contribution in [2.24, 2.45) is 0 Å². The van der Waals surface area contributed by atoms with Crippen LogP contribution in [0.2, 0.25) is 5.02 Å². The number of rotatable bonds is 4. The van der Waals surface area contributed by atoms with E-state index in [0.29, 0.717) is 17.9 Å². The zero-order valence-electron chi connectivity index (χ0n) is 11.6. The van der Waals surface area contributed by atoms with E-state index in [9.17, 15) is 9.18 Å². The van der Waals surface area contributed by atoms with E-state index in [-0.39, 0.29) is 10.6 Å². The van der Waals surface area contributed by atoms with Crippen LogP contribution in [0, 0.1) is 5.82 Å². The number of nitrogens with zero attached hydrogens (tertiary/aromatic N) is 1. The Kier molecular flexibility index (Phi) is 4.81. The molecule has 0 fully saturated rings. The second kappa shape index (κ2) is 6.59. The number of anilines is 2. The first-order chi connectivity index (χ1) is 10.1. The van der Waals surface area contributed by atoms with Crippen molar-refractivity contribution in [3.8, 4) is 0 Å². The van der Waals surface area contributed by atoms with Gasteiger partial charge in [-0.05, 0) is 30.7 Å². The Morgan fingerprint density at radius 3 is 2.62 bits per heavy atom. The zero-order chi connectivity index (χ0) is 15.4. The summed E-state index contributed by atoms with van der Waals surface area (Å²) in [4.78, 5) is 14.1. The van der Waals surface area contributed by atoms with E-state index >= 15 is 0 Å². The molecular formula is C16H16ClFN2O. The van der Waals surface area contributed by atoms with Gasteiger partial charge < -0.3 is 10.6 Å². The number of nitrogen functional groups attached to an aromatic ring is 1. The minimum atomic E-state index is -0.709. The van der Waals surface area contributed by atoms with Crippen molar-refractivity contribution < 1.29 is 9.18 Å². The maximum atomic E-state index is 14.1. The van der Waals surface area contributed by atoms with Crippen LogP contribution < -0.4 is 10.6 Å². The molecule has 5 heteroatoms. The fourth-order valence-corrected chi connectivity index (χ4v) is 2.28. The van der Waals surface area contributed by atoms with Crippen LogP contribution in [0.5, 0.6) is 0 Å². The molecule has 2 rings (SSSR count). The van der Waals surface area contributed by atoms with Gasteiger partial charge in [-0.1, -0.05) is 36.7 Å². The molecule has 2 N–H and O–H groups in total. The predicted molar refractivity (Wildman–Crippen MR) is 84.2 cm³/mol. The van der Waals surface area contributed by atoms with Crippen LogP contribution in [0.25, 0.3) is 0 Å². The van der Waals surface area contributed by atoms with Crippen LogP contribution in [0.15, 0.2) is 42.5 Å². The van der Waals surface area contributed by atoms with Crippen LogP contribution in [-0.4, -0.2) is 12.5 Å². The first-order valence-electron chi connectivity index (χ1n) is 6.66. The molecule has 0 saturated carbocycles. The molecule has 0 aliphatic heterocycles. The van der Waals surface area contributed by atoms with E-state index in [1.807, 2.05) is 6.92 Å². The summed E-state index contributed by atoms with van der Waals surface area (Å²) in [5.74, 6) is -1.16. The molecule has 0 atom stereocenters. The number of halogens is 2. The van der Waals surface area contributed by atoms with Crippen molar-refractivity contribution in [2.45, 2.75) is 13.3 Å². The summed E-state index contributed by atoms with van der Waals surface area (Å²) < 4.78 is 14.1. The minimum absolute atomic E-state index is 0.0563. The van der Waals surface area contributed by atoms with Gasteiger partial charge in [0, 0.05) is 6.54 Å². The van der Waals surface area contributed by atoms with Crippen LogP contribution in [0.4, 0.5) is 15.8 Å². The van der Waals surface area contributed by atoms with Crippen molar-refractivity contribution in [3.05, 3.63) is 58.9 Å². The highest BCUT2D eigenvalue weighted by Crippen LogP contribution is 2.26. The van der Waals surface area contributed by atoms with E-state index in [2.05, 4.69) is 0 Å². The second-order valence-electron chi connectivity index (χ2n) is 4.62. The minimum Gasteiger partial charge on any atom is -0.397 e. The van der Waals surface area contributed by atoms with E-state index in [4.69, 9.17) is 17.3 Å². The van der Waals surface area contributed by atoms with Crippen LogP contribution in [0.3, 0.4) is 0 Å². The Morgan fingerprint density at radius 2 is 1.95 bits per heavy atom. The summed E-state index contributed by atoms with van der Waals surface area (Å²) in [5.41, 5.74) is 6.91. The molecule has 0 bridgehead atoms. The van der Waals surface area contributed by atoms with Gasteiger partial charge >= 0.3 is 0 Å². The van der Waals surface area contributed by atoms with E-state index in [0.717, 1.165) is 6.42 Å². The summed E-state index contributed by atoms with van der Waals surface area (Å²) in [6, 6.07) is 11.4. The molecule has 0 heterocycles. The van der Waals surface area contributed by atoms with E-state index < -0.39 is 11.7 Å². The van der Waals surface area contributed by atoms with Gasteiger partial charge in [-0.3, -0.25) is 4.79 Å². The standard InChI is InChI=1S/C16H16ClFN2O/c1-2-10-20(14-9-4-3-8-13(14)19)16(21)11-6-5-7-12(17)15(11)18/h3-9H,2,10,19H2,1H3. The lowest BCUT2D eigenvalue weighted by Gasteiger charge is -2.24. The van der Waals surface area contributed by atoms with Crippen LogP contribution >= 0.6 is 11.6 Å². The Labute approximate surface area is 128 Å². The maximum absolute atomic E-state index is 14.1. The third-order valence-corrected chi connectivity index (χ3v) is 3.39. The Balaban J connectivity index is 2.46. The van der Waals surface area contributed by atoms with Gasteiger partial charge in [-0.15, -0.1) is 0 Å². The summed E-state index contributed by atoms with van der Waals surface area (Å²) in [6.07, 6.45) is 0.724. The molecule has 21 heavy (non-hydrogen) atoms. The van der Waals surface area contributed by atoms with Crippen molar-refractivity contribution in [2.75, 3.05) is 17.2 Å². The fourth-order valence-electron chi connectivity index (χ4n) is 2.10. The lowest BCUT2D eigenvalue weighted by atomic mass is 10.1. The molecule has 0 radical (unpaired) electrons. The zero-order valence-corrected chi connectivity index (χ0v) is 12.4. The van der Waals surface area contributed by atoms with Gasteiger partial charge in [0.25, 0.3) is 5.91 Å². The van der Waals surface area contributed by atoms with Crippen molar-refractivity contribution in [3.63, 3.8) is 0 Å². The van der Waals surface area contributed by atoms with Crippen LogP contribution in [0.1, 0.15) is 23.7 Å². The summed E-state index contributed by atoms with van der Waals surface area (Å²) in [7, 11) is 0. The lowest BCUT2D eigenvalue weighted by molar-refractivity contribution is 0.0983. The van der Waals surface area contributed by atoms with Gasteiger partial charge in [0.1, 0.15) is 0 Å². The molecule has 2 aromatic rings. The molecule has 0 aliphatic rings. The summed E-state index contributed by atoms with van der Waals surface area (Å²) >= 11 is 5.75. The first kappa shape index (κ1) is 15.3. The summed E-state index contributed by atoms with van der Waals surface area (Å²) in [5, 5.41) is -0.0710. The summed E-state index contributed by atoms with van der Waals surface area (Å²) in [6.45, 7) is 2.38. The van der Waals surface area contributed by atoms with Crippen molar-refractivity contribution >= 4 is 28.9 Å². The number of amides is 1. The number of nitrogens with two attached hydrogens (primary N) is 1. The Bertz CT molecular complexity index is 660. The maximum Gasteiger partial charge on any atom is 0.261 e. The third kappa shape index (κ3) is 3.16. The average molecular weight is 307 g/mol. The number of hydrogen-bond donors (Lipinski definition) is 1. The molecule has 0 spiro atoms. The molecule has 0 saturated heterocycles. The molecule has 2 aromatic carbocycles. The van der Waals surface area contributed by atoms with Gasteiger partial charge in [0.05, 0.1) is 22.0 Å². The lowest BCUT2D eigenvalue weighted by Crippen LogP contribution is -2.33. The third-order valence-electron chi connectivity index (χ3n) is 3.10. The Morgan fingerprint density at radius 1 is 1.24 bits per heavy atom. The largest absolute Gasteiger partial charge is 0.397 e. The molecule has 0 aliphatic carbocycles. The topological polar surface area (TPSA) is 46.3 Å². The SMILES string of the molecule is CCCN(C(=O)c1cccc(Cl)c1F)c1ccccc1N. The molecule has 3 nitrogen and oxygen atoms in total. The number of carbonyl (C=O) groups excluding carboxylic acids is 1. The predicted octanol–water partition coefficient (Wildman–Crippen LogP) is 4.12. The van der Waals surface area contributed by atoms with Gasteiger partial charge in [0.15, 0.2) is 5.82 Å². The fraction of sp³-hybridized carbons (Fsp3) is 0.188. The first-order valence-corrected chi connectivity index (χ1v) is 7.04. The van der Waals surface area contributed by atoms with Gasteiger partial charge in [-0.25, -0.2) is 4.39 Å². The molecule has 110 valence electrons. The number of para-hydroxylation sites is 2. The van der Waals surface area contributed by atoms with Crippen molar-refractivity contribution in [1.82, 2.24) is 0 Å². The number of carbonyl (C=O) groups is 1. The normalized spacial score (nSPS) is 10.4. The molecule has 0 unspecified atom stereocenters. The highest BCUT2D eigenvalue weighted by molar-refractivity contribution is 6.31. The number of benzene rings is 2. The van der Waals surface area contributed by atoms with Gasteiger partial charge in [-0.2, -0.15) is 0 Å². The number of hydrogen-bond acceptors (Lipinski definition) is 2. The average Bonchev–Trinajstić information content (AvgIpc) is 2.48. The molecule has 0 aromatic heterocycles. The van der Waals surface area contributed by atoms with E-state index in [1.54, 1.807) is 30.3 Å². The second-order valence-corrected chi connectivity index (χ2v) is 5.02. The quantitative estimate of drug-likeness (QED) is 0.864. The Hall–Kier alpha value is -2.07. The highest BCUT2D eigenvalue weighted by Gasteiger charge is 2.22.